The van der Waals surface area contributed by atoms with Crippen LogP contribution in [0, 0.1) is 18.3 Å². The number of halogens is 1. The molecule has 5 nitrogen and oxygen atoms in total. The van der Waals surface area contributed by atoms with Gasteiger partial charge in [0.05, 0.1) is 17.6 Å². The Labute approximate surface area is 115 Å². The van der Waals surface area contributed by atoms with Crippen molar-refractivity contribution in [3.63, 3.8) is 0 Å². The second-order valence-corrected chi connectivity index (χ2v) is 4.20. The molecule has 0 aliphatic carbocycles. The van der Waals surface area contributed by atoms with Crippen LogP contribution in [0.4, 0.5) is 0 Å². The molecule has 0 saturated heterocycles. The average Bonchev–Trinajstić information content (AvgIpc) is 2.79. The number of hydrogen-bond donors (Lipinski definition) is 0. The average molecular weight is 276 g/mol. The summed E-state index contributed by atoms with van der Waals surface area (Å²) in [5.74, 6) is -0.556. The minimum atomic E-state index is -0.556. The summed E-state index contributed by atoms with van der Waals surface area (Å²) in [6.45, 7) is 1.48. The van der Waals surface area contributed by atoms with E-state index in [0.717, 1.165) is 5.69 Å². The standard InChI is InChI=1S/C13H10ClN3O2/c1-9-12(13(18)19-7-6-15)8-16-17(9)11-4-2-10(14)3-5-11/h2-5,8H,7H2,1H3. The first kappa shape index (κ1) is 13.1. The Morgan fingerprint density at radius 2 is 2.16 bits per heavy atom. The third kappa shape index (κ3) is 2.75. The van der Waals surface area contributed by atoms with E-state index in [1.165, 1.54) is 6.20 Å². The minimum absolute atomic E-state index is 0.273. The van der Waals surface area contributed by atoms with E-state index in [1.807, 2.05) is 0 Å². The zero-order valence-corrected chi connectivity index (χ0v) is 10.9. The van der Waals surface area contributed by atoms with Crippen LogP contribution in [0.15, 0.2) is 30.5 Å². The number of carbonyl (C=O) groups excluding carboxylic acids is 1. The summed E-state index contributed by atoms with van der Waals surface area (Å²) in [6.07, 6.45) is 1.42. The van der Waals surface area contributed by atoms with Crippen molar-refractivity contribution in [1.82, 2.24) is 9.78 Å². The van der Waals surface area contributed by atoms with Gasteiger partial charge in [-0.15, -0.1) is 0 Å². The highest BCUT2D eigenvalue weighted by atomic mass is 35.5. The molecule has 0 radical (unpaired) electrons. The van der Waals surface area contributed by atoms with Crippen LogP contribution in [0.2, 0.25) is 5.02 Å². The molecular formula is C13H10ClN3O2. The second-order valence-electron chi connectivity index (χ2n) is 3.77. The Morgan fingerprint density at radius 3 is 2.79 bits per heavy atom. The highest BCUT2D eigenvalue weighted by Gasteiger charge is 2.16. The molecule has 1 heterocycles. The van der Waals surface area contributed by atoms with E-state index in [2.05, 4.69) is 5.10 Å². The number of nitriles is 1. The van der Waals surface area contributed by atoms with Crippen LogP contribution >= 0.6 is 11.6 Å². The normalized spacial score (nSPS) is 9.95. The van der Waals surface area contributed by atoms with E-state index in [0.29, 0.717) is 16.3 Å². The molecule has 0 bridgehead atoms. The molecule has 0 saturated carbocycles. The fourth-order valence-electron chi connectivity index (χ4n) is 1.63. The first-order valence-corrected chi connectivity index (χ1v) is 5.86. The number of benzene rings is 1. The Hall–Kier alpha value is -2.32. The molecule has 0 unspecified atom stereocenters. The van der Waals surface area contributed by atoms with Crippen LogP contribution < -0.4 is 0 Å². The molecule has 0 N–H and O–H groups in total. The lowest BCUT2D eigenvalue weighted by Crippen LogP contribution is -2.07. The van der Waals surface area contributed by atoms with Crippen LogP contribution in [-0.2, 0) is 4.74 Å². The largest absolute Gasteiger partial charge is 0.447 e. The van der Waals surface area contributed by atoms with Crippen LogP contribution in [0.25, 0.3) is 5.69 Å². The summed E-state index contributed by atoms with van der Waals surface area (Å²) in [6, 6.07) is 8.83. The lowest BCUT2D eigenvalue weighted by Gasteiger charge is -2.05. The summed E-state index contributed by atoms with van der Waals surface area (Å²) in [7, 11) is 0. The second kappa shape index (κ2) is 5.55. The molecule has 2 rings (SSSR count). The van der Waals surface area contributed by atoms with E-state index in [-0.39, 0.29) is 6.61 Å². The van der Waals surface area contributed by atoms with E-state index >= 15 is 0 Å². The van der Waals surface area contributed by atoms with Gasteiger partial charge in [-0.25, -0.2) is 9.48 Å². The van der Waals surface area contributed by atoms with Gasteiger partial charge in [-0.05, 0) is 31.2 Å². The van der Waals surface area contributed by atoms with Crippen molar-refractivity contribution < 1.29 is 9.53 Å². The maximum atomic E-state index is 11.7. The number of hydrogen-bond acceptors (Lipinski definition) is 4. The first-order valence-electron chi connectivity index (χ1n) is 5.48. The fourth-order valence-corrected chi connectivity index (χ4v) is 1.75. The summed E-state index contributed by atoms with van der Waals surface area (Å²) in [5.41, 5.74) is 1.77. The number of rotatable bonds is 3. The van der Waals surface area contributed by atoms with Crippen molar-refractivity contribution in [2.75, 3.05) is 6.61 Å². The molecule has 96 valence electrons. The molecular weight excluding hydrogens is 266 g/mol. The van der Waals surface area contributed by atoms with Gasteiger partial charge in [-0.1, -0.05) is 11.6 Å². The number of esters is 1. The van der Waals surface area contributed by atoms with Gasteiger partial charge >= 0.3 is 5.97 Å². The Morgan fingerprint density at radius 1 is 1.47 bits per heavy atom. The van der Waals surface area contributed by atoms with Gasteiger partial charge in [0.1, 0.15) is 11.6 Å². The predicted octanol–water partition coefficient (Wildman–Crippen LogP) is 2.51. The van der Waals surface area contributed by atoms with Gasteiger partial charge in [0.15, 0.2) is 6.61 Å². The quantitative estimate of drug-likeness (QED) is 0.807. The van der Waals surface area contributed by atoms with Gasteiger partial charge in [-0.3, -0.25) is 0 Å². The number of carbonyl (C=O) groups is 1. The lowest BCUT2D eigenvalue weighted by molar-refractivity contribution is 0.0554. The van der Waals surface area contributed by atoms with E-state index in [9.17, 15) is 4.79 Å². The van der Waals surface area contributed by atoms with Gasteiger partial charge < -0.3 is 4.74 Å². The van der Waals surface area contributed by atoms with Crippen molar-refractivity contribution in [3.05, 3.63) is 46.7 Å². The maximum Gasteiger partial charge on any atom is 0.342 e. The third-order valence-electron chi connectivity index (χ3n) is 2.57. The third-order valence-corrected chi connectivity index (χ3v) is 2.82. The molecule has 0 atom stereocenters. The summed E-state index contributed by atoms with van der Waals surface area (Å²) in [5, 5.41) is 13.1. The van der Waals surface area contributed by atoms with E-state index in [4.69, 9.17) is 21.6 Å². The Bertz CT molecular complexity index is 641. The summed E-state index contributed by atoms with van der Waals surface area (Å²) in [4.78, 5) is 11.7. The number of aromatic nitrogens is 2. The lowest BCUT2D eigenvalue weighted by atomic mass is 10.2. The molecule has 6 heteroatoms. The van der Waals surface area contributed by atoms with Crippen molar-refractivity contribution in [2.45, 2.75) is 6.92 Å². The molecule has 0 aliphatic heterocycles. The van der Waals surface area contributed by atoms with Gasteiger partial charge in [0.2, 0.25) is 0 Å². The van der Waals surface area contributed by atoms with Crippen LogP contribution in [-0.4, -0.2) is 22.4 Å². The van der Waals surface area contributed by atoms with Crippen molar-refractivity contribution in [3.8, 4) is 11.8 Å². The first-order chi connectivity index (χ1) is 9.13. The SMILES string of the molecule is Cc1c(C(=O)OCC#N)cnn1-c1ccc(Cl)cc1. The van der Waals surface area contributed by atoms with Crippen LogP contribution in [0.5, 0.6) is 0 Å². The molecule has 1 aromatic heterocycles. The molecule has 2 aromatic rings. The maximum absolute atomic E-state index is 11.7. The molecule has 1 aromatic carbocycles. The smallest absolute Gasteiger partial charge is 0.342 e. The van der Waals surface area contributed by atoms with Gasteiger partial charge in [0, 0.05) is 5.02 Å². The predicted molar refractivity (Wildman–Crippen MR) is 69.2 cm³/mol. The van der Waals surface area contributed by atoms with Crippen molar-refractivity contribution in [2.24, 2.45) is 0 Å². The Balaban J connectivity index is 2.30. The molecule has 0 spiro atoms. The number of nitrogens with zero attached hydrogens (tertiary/aromatic N) is 3. The Kier molecular flexibility index (Phi) is 3.83. The van der Waals surface area contributed by atoms with Gasteiger partial charge in [0.25, 0.3) is 0 Å². The van der Waals surface area contributed by atoms with Crippen molar-refractivity contribution >= 4 is 17.6 Å². The summed E-state index contributed by atoms with van der Waals surface area (Å²) >= 11 is 5.82. The topological polar surface area (TPSA) is 67.9 Å². The van der Waals surface area contributed by atoms with Gasteiger partial charge in [-0.2, -0.15) is 10.4 Å². The molecule has 0 fully saturated rings. The molecule has 0 amide bonds. The van der Waals surface area contributed by atoms with E-state index < -0.39 is 5.97 Å². The van der Waals surface area contributed by atoms with Crippen molar-refractivity contribution in [1.29, 1.82) is 5.26 Å². The molecule has 19 heavy (non-hydrogen) atoms. The zero-order valence-electron chi connectivity index (χ0n) is 10.1. The van der Waals surface area contributed by atoms with Crippen LogP contribution in [0.3, 0.4) is 0 Å². The van der Waals surface area contributed by atoms with E-state index in [1.54, 1.807) is 41.9 Å². The summed E-state index contributed by atoms with van der Waals surface area (Å²) < 4.78 is 6.36. The highest BCUT2D eigenvalue weighted by Crippen LogP contribution is 2.17. The molecule has 0 aliphatic rings. The zero-order chi connectivity index (χ0) is 13.8. The fraction of sp³-hybridized carbons (Fsp3) is 0.154. The monoisotopic (exact) mass is 275 g/mol. The minimum Gasteiger partial charge on any atom is -0.447 e. The number of ether oxygens (including phenoxy) is 1. The highest BCUT2D eigenvalue weighted by molar-refractivity contribution is 6.30. The van der Waals surface area contributed by atoms with Crippen LogP contribution in [0.1, 0.15) is 16.1 Å².